The first-order chi connectivity index (χ1) is 8.06. The van der Waals surface area contributed by atoms with Crippen molar-refractivity contribution in [3.63, 3.8) is 0 Å². The molecule has 1 rings (SSSR count). The van der Waals surface area contributed by atoms with Crippen molar-refractivity contribution >= 4 is 21.9 Å². The van der Waals surface area contributed by atoms with Crippen LogP contribution >= 0.6 is 15.9 Å². The molecule has 4 heteroatoms. The van der Waals surface area contributed by atoms with E-state index in [-0.39, 0.29) is 6.54 Å². The molecular formula is C13H14BrNO2. The minimum absolute atomic E-state index is 0.218. The first kappa shape index (κ1) is 13.8. The molecule has 1 unspecified atom stereocenters. The number of halogens is 1. The van der Waals surface area contributed by atoms with Crippen LogP contribution in [0.5, 0.6) is 0 Å². The second-order valence-electron chi connectivity index (χ2n) is 3.63. The van der Waals surface area contributed by atoms with E-state index in [9.17, 15) is 9.90 Å². The second-order valence-corrected chi connectivity index (χ2v) is 4.54. The summed E-state index contributed by atoms with van der Waals surface area (Å²) in [4.78, 5) is 11.5. The minimum atomic E-state index is -1.12. The third-order valence-electron chi connectivity index (χ3n) is 2.72. The van der Waals surface area contributed by atoms with Crippen molar-refractivity contribution in [3.8, 4) is 12.3 Å². The maximum atomic E-state index is 11.5. The molecule has 0 aliphatic rings. The summed E-state index contributed by atoms with van der Waals surface area (Å²) < 4.78 is 0.911. The van der Waals surface area contributed by atoms with Crippen molar-refractivity contribution in [2.45, 2.75) is 18.9 Å². The molecule has 17 heavy (non-hydrogen) atoms. The first-order valence-corrected chi connectivity index (χ1v) is 6.04. The lowest BCUT2D eigenvalue weighted by Gasteiger charge is -2.29. The highest BCUT2D eigenvalue weighted by molar-refractivity contribution is 9.10. The molecule has 0 fully saturated rings. The van der Waals surface area contributed by atoms with Crippen LogP contribution < -0.4 is 5.32 Å². The summed E-state index contributed by atoms with van der Waals surface area (Å²) in [5, 5.41) is 12.3. The van der Waals surface area contributed by atoms with Crippen molar-refractivity contribution in [1.29, 1.82) is 0 Å². The molecular weight excluding hydrogens is 282 g/mol. The Kier molecular flexibility index (Phi) is 4.73. The number of terminal acetylenes is 1. The van der Waals surface area contributed by atoms with E-state index in [1.807, 2.05) is 19.1 Å². The SMILES string of the molecule is C#CCNC(CC)(C(=O)O)c1ccc(Br)cc1. The maximum absolute atomic E-state index is 11.5. The predicted octanol–water partition coefficient (Wildman–Crippen LogP) is 2.36. The van der Waals surface area contributed by atoms with E-state index in [1.54, 1.807) is 12.1 Å². The van der Waals surface area contributed by atoms with Crippen LogP contribution in [0.3, 0.4) is 0 Å². The molecule has 2 N–H and O–H groups in total. The van der Waals surface area contributed by atoms with Gasteiger partial charge in [-0.1, -0.05) is 40.9 Å². The van der Waals surface area contributed by atoms with Gasteiger partial charge in [0.25, 0.3) is 0 Å². The molecule has 0 spiro atoms. The Balaban J connectivity index is 3.17. The lowest BCUT2D eigenvalue weighted by Crippen LogP contribution is -2.49. The molecule has 0 amide bonds. The topological polar surface area (TPSA) is 49.3 Å². The zero-order valence-corrected chi connectivity index (χ0v) is 11.1. The van der Waals surface area contributed by atoms with Crippen LogP contribution in [0.25, 0.3) is 0 Å². The molecule has 0 saturated heterocycles. The summed E-state index contributed by atoms with van der Waals surface area (Å²) in [6, 6.07) is 7.21. The molecule has 0 radical (unpaired) electrons. The Hall–Kier alpha value is -1.31. The van der Waals surface area contributed by atoms with Gasteiger partial charge >= 0.3 is 5.97 Å². The van der Waals surface area contributed by atoms with E-state index in [0.29, 0.717) is 12.0 Å². The van der Waals surface area contributed by atoms with Gasteiger partial charge in [0.2, 0.25) is 0 Å². The van der Waals surface area contributed by atoms with Gasteiger partial charge in [-0.2, -0.15) is 0 Å². The third kappa shape index (κ3) is 2.87. The molecule has 1 aromatic carbocycles. The van der Waals surface area contributed by atoms with Gasteiger partial charge in [0.15, 0.2) is 0 Å². The molecule has 90 valence electrons. The van der Waals surface area contributed by atoms with Gasteiger partial charge in [-0.15, -0.1) is 6.42 Å². The minimum Gasteiger partial charge on any atom is -0.480 e. The van der Waals surface area contributed by atoms with Crippen molar-refractivity contribution in [2.75, 3.05) is 6.54 Å². The van der Waals surface area contributed by atoms with E-state index in [0.717, 1.165) is 4.47 Å². The lowest BCUT2D eigenvalue weighted by atomic mass is 9.87. The fourth-order valence-corrected chi connectivity index (χ4v) is 1.98. The van der Waals surface area contributed by atoms with Crippen LogP contribution in [-0.2, 0) is 10.3 Å². The first-order valence-electron chi connectivity index (χ1n) is 5.24. The number of carboxylic acid groups (broad SMARTS) is 1. The maximum Gasteiger partial charge on any atom is 0.328 e. The molecule has 0 bridgehead atoms. The highest BCUT2D eigenvalue weighted by Gasteiger charge is 2.37. The largest absolute Gasteiger partial charge is 0.480 e. The standard InChI is InChI=1S/C13H14BrNO2/c1-3-9-15-13(4-2,12(16)17)10-5-7-11(14)8-6-10/h1,5-8,15H,4,9H2,2H3,(H,16,17). The predicted molar refractivity (Wildman–Crippen MR) is 70.6 cm³/mol. The summed E-state index contributed by atoms with van der Waals surface area (Å²) in [5.74, 6) is 1.49. The molecule has 0 aromatic heterocycles. The number of hydrogen-bond acceptors (Lipinski definition) is 2. The smallest absolute Gasteiger partial charge is 0.328 e. The summed E-state index contributed by atoms with van der Waals surface area (Å²) in [7, 11) is 0. The number of carbonyl (C=O) groups is 1. The van der Waals surface area contributed by atoms with Crippen LogP contribution in [0.15, 0.2) is 28.7 Å². The van der Waals surface area contributed by atoms with E-state index >= 15 is 0 Å². The Morgan fingerprint density at radius 1 is 1.53 bits per heavy atom. The molecule has 0 aliphatic carbocycles. The fourth-order valence-electron chi connectivity index (χ4n) is 1.72. The van der Waals surface area contributed by atoms with Gasteiger partial charge in [0.05, 0.1) is 6.54 Å². The normalized spacial score (nSPS) is 13.7. The summed E-state index contributed by atoms with van der Waals surface area (Å²) in [5.41, 5.74) is -0.418. The van der Waals surface area contributed by atoms with Crippen LogP contribution in [-0.4, -0.2) is 17.6 Å². The van der Waals surface area contributed by atoms with Crippen LogP contribution in [0.1, 0.15) is 18.9 Å². The van der Waals surface area contributed by atoms with Gasteiger partial charge in [-0.25, -0.2) is 4.79 Å². The van der Waals surface area contributed by atoms with Gasteiger partial charge in [0.1, 0.15) is 5.54 Å². The average Bonchev–Trinajstić information content (AvgIpc) is 2.32. The molecule has 0 heterocycles. The van der Waals surface area contributed by atoms with E-state index in [1.165, 1.54) is 0 Å². The number of benzene rings is 1. The van der Waals surface area contributed by atoms with Gasteiger partial charge < -0.3 is 5.11 Å². The molecule has 1 atom stereocenters. The zero-order chi connectivity index (χ0) is 12.9. The summed E-state index contributed by atoms with van der Waals surface area (Å²) in [6.07, 6.45) is 5.60. The molecule has 0 aliphatic heterocycles. The van der Waals surface area contributed by atoms with E-state index in [2.05, 4.69) is 27.2 Å². The van der Waals surface area contributed by atoms with Gasteiger partial charge in [-0.05, 0) is 24.1 Å². The fraction of sp³-hybridized carbons (Fsp3) is 0.308. The highest BCUT2D eigenvalue weighted by Crippen LogP contribution is 2.26. The Labute approximate surface area is 109 Å². The summed E-state index contributed by atoms with van der Waals surface area (Å²) >= 11 is 3.32. The second kappa shape index (κ2) is 5.85. The third-order valence-corrected chi connectivity index (χ3v) is 3.25. The molecule has 0 saturated carbocycles. The van der Waals surface area contributed by atoms with Crippen LogP contribution in [0.2, 0.25) is 0 Å². The summed E-state index contributed by atoms with van der Waals surface area (Å²) in [6.45, 7) is 2.04. The number of aliphatic carboxylic acids is 1. The lowest BCUT2D eigenvalue weighted by molar-refractivity contribution is -0.145. The van der Waals surface area contributed by atoms with Gasteiger partial charge in [0, 0.05) is 4.47 Å². The average molecular weight is 296 g/mol. The number of rotatable bonds is 5. The number of nitrogens with one attached hydrogen (secondary N) is 1. The van der Waals surface area contributed by atoms with Crippen molar-refractivity contribution < 1.29 is 9.90 Å². The highest BCUT2D eigenvalue weighted by atomic mass is 79.9. The number of hydrogen-bond donors (Lipinski definition) is 2. The van der Waals surface area contributed by atoms with Crippen molar-refractivity contribution in [2.24, 2.45) is 0 Å². The quantitative estimate of drug-likeness (QED) is 0.820. The van der Waals surface area contributed by atoms with Crippen molar-refractivity contribution in [3.05, 3.63) is 34.3 Å². The van der Waals surface area contributed by atoms with Crippen molar-refractivity contribution in [1.82, 2.24) is 5.32 Å². The van der Waals surface area contributed by atoms with E-state index < -0.39 is 11.5 Å². The Morgan fingerprint density at radius 3 is 2.53 bits per heavy atom. The van der Waals surface area contributed by atoms with Gasteiger partial charge in [-0.3, -0.25) is 5.32 Å². The Bertz CT molecular complexity index is 436. The Morgan fingerprint density at radius 2 is 2.12 bits per heavy atom. The zero-order valence-electron chi connectivity index (χ0n) is 9.53. The molecule has 1 aromatic rings. The molecule has 3 nitrogen and oxygen atoms in total. The van der Waals surface area contributed by atoms with Crippen LogP contribution in [0, 0.1) is 12.3 Å². The van der Waals surface area contributed by atoms with E-state index in [4.69, 9.17) is 6.42 Å². The monoisotopic (exact) mass is 295 g/mol. The number of carboxylic acids is 1. The van der Waals surface area contributed by atoms with Crippen LogP contribution in [0.4, 0.5) is 0 Å².